The van der Waals surface area contributed by atoms with Crippen LogP contribution in [0.25, 0.3) is 16.8 Å². The van der Waals surface area contributed by atoms with Crippen LogP contribution in [-0.2, 0) is 9.47 Å². The number of aromatic nitrogens is 5. The summed E-state index contributed by atoms with van der Waals surface area (Å²) in [5, 5.41) is 12.2. The van der Waals surface area contributed by atoms with Gasteiger partial charge in [-0.15, -0.1) is 5.10 Å². The topological polar surface area (TPSA) is 78.5 Å². The van der Waals surface area contributed by atoms with Crippen molar-refractivity contribution in [2.75, 3.05) is 25.1 Å². The number of hydrogen-bond donors (Lipinski definition) is 1. The van der Waals surface area contributed by atoms with Crippen LogP contribution < -0.4 is 5.32 Å². The highest BCUT2D eigenvalue weighted by Crippen LogP contribution is 2.31. The van der Waals surface area contributed by atoms with Gasteiger partial charge in [0.2, 0.25) is 5.95 Å². The van der Waals surface area contributed by atoms with Gasteiger partial charge < -0.3 is 14.8 Å². The molecule has 10 heteroatoms. The molecule has 0 saturated carbocycles. The Kier molecular flexibility index (Phi) is 5.47. The number of pyridine rings is 1. The SMILES string of the molecule is CCOC(C)n1cc(-c2ccn3nc(N[C@H]4CCOC[C@H]4F)nc3c2Cl)cn1. The lowest BCUT2D eigenvalue weighted by Gasteiger charge is -2.26. The van der Waals surface area contributed by atoms with E-state index in [1.807, 2.05) is 26.1 Å². The normalized spacial score (nSPS) is 21.1. The van der Waals surface area contributed by atoms with Crippen molar-refractivity contribution < 1.29 is 13.9 Å². The molecule has 0 spiro atoms. The number of ether oxygens (including phenoxy) is 2. The van der Waals surface area contributed by atoms with Gasteiger partial charge in [-0.3, -0.25) is 0 Å². The second-order valence-electron chi connectivity index (χ2n) is 6.64. The molecule has 28 heavy (non-hydrogen) atoms. The molecule has 0 bridgehead atoms. The van der Waals surface area contributed by atoms with Gasteiger partial charge in [0.05, 0.1) is 23.9 Å². The zero-order chi connectivity index (χ0) is 19.7. The maximum absolute atomic E-state index is 14.0. The van der Waals surface area contributed by atoms with Gasteiger partial charge in [0.1, 0.15) is 12.4 Å². The first-order valence-corrected chi connectivity index (χ1v) is 9.64. The van der Waals surface area contributed by atoms with Crippen LogP contribution in [0.4, 0.5) is 10.3 Å². The highest BCUT2D eigenvalue weighted by atomic mass is 35.5. The first kappa shape index (κ1) is 19.1. The van der Waals surface area contributed by atoms with Crippen molar-refractivity contribution in [1.82, 2.24) is 24.4 Å². The minimum Gasteiger partial charge on any atom is -0.378 e. The van der Waals surface area contributed by atoms with Crippen LogP contribution in [0.5, 0.6) is 0 Å². The maximum Gasteiger partial charge on any atom is 0.243 e. The summed E-state index contributed by atoms with van der Waals surface area (Å²) in [4.78, 5) is 4.45. The Morgan fingerprint density at radius 2 is 2.36 bits per heavy atom. The van der Waals surface area contributed by atoms with Crippen LogP contribution in [0, 0.1) is 0 Å². The number of halogens is 2. The van der Waals surface area contributed by atoms with Crippen molar-refractivity contribution in [2.24, 2.45) is 0 Å². The van der Waals surface area contributed by atoms with Crippen molar-refractivity contribution >= 4 is 23.2 Å². The van der Waals surface area contributed by atoms with Crippen molar-refractivity contribution in [3.8, 4) is 11.1 Å². The Balaban J connectivity index is 1.60. The molecule has 1 N–H and O–H groups in total. The van der Waals surface area contributed by atoms with Crippen LogP contribution in [0.2, 0.25) is 5.02 Å². The molecule has 0 aliphatic carbocycles. The van der Waals surface area contributed by atoms with Gasteiger partial charge in [-0.25, -0.2) is 13.6 Å². The largest absolute Gasteiger partial charge is 0.378 e. The van der Waals surface area contributed by atoms with E-state index in [-0.39, 0.29) is 18.9 Å². The fourth-order valence-electron chi connectivity index (χ4n) is 3.22. The molecule has 3 aromatic rings. The minimum absolute atomic E-state index is 0.0834. The van der Waals surface area contributed by atoms with E-state index in [2.05, 4.69) is 20.5 Å². The summed E-state index contributed by atoms with van der Waals surface area (Å²) < 4.78 is 28.0. The number of nitrogens with one attached hydrogen (secondary N) is 1. The Hall–Kier alpha value is -2.23. The lowest BCUT2D eigenvalue weighted by molar-refractivity contribution is 0.0160. The van der Waals surface area contributed by atoms with Crippen LogP contribution in [0.1, 0.15) is 26.5 Å². The molecule has 8 nitrogen and oxygen atoms in total. The minimum atomic E-state index is -1.09. The average Bonchev–Trinajstić information content (AvgIpc) is 3.32. The molecule has 0 amide bonds. The lowest BCUT2D eigenvalue weighted by atomic mass is 10.1. The van der Waals surface area contributed by atoms with Crippen molar-refractivity contribution in [3.05, 3.63) is 29.7 Å². The molecule has 1 saturated heterocycles. The highest BCUT2D eigenvalue weighted by molar-refractivity contribution is 6.36. The number of rotatable bonds is 6. The van der Waals surface area contributed by atoms with Gasteiger partial charge in [0.15, 0.2) is 5.65 Å². The molecule has 1 fully saturated rings. The first-order valence-electron chi connectivity index (χ1n) is 9.26. The second-order valence-corrected chi connectivity index (χ2v) is 7.02. The van der Waals surface area contributed by atoms with E-state index in [9.17, 15) is 4.39 Å². The zero-order valence-electron chi connectivity index (χ0n) is 15.7. The van der Waals surface area contributed by atoms with Crippen LogP contribution in [-0.4, -0.2) is 56.4 Å². The van der Waals surface area contributed by atoms with Gasteiger partial charge in [0, 0.05) is 36.7 Å². The first-order chi connectivity index (χ1) is 13.6. The standard InChI is InChI=1S/C18H22ClFN6O2/c1-3-28-11(2)26-9-12(8-21-26)13-4-6-25-17(16(13)19)23-18(24-25)22-15-5-7-27-10-14(15)20/h4,6,8-9,11,14-15H,3,5,7,10H2,1-2H3,(H,22,24)/t11?,14-,15+/m1/s1. The fourth-order valence-corrected chi connectivity index (χ4v) is 3.53. The highest BCUT2D eigenvalue weighted by Gasteiger charge is 2.26. The van der Waals surface area contributed by atoms with E-state index in [4.69, 9.17) is 21.1 Å². The molecular weight excluding hydrogens is 387 g/mol. The summed E-state index contributed by atoms with van der Waals surface area (Å²) in [6.45, 7) is 5.07. The van der Waals surface area contributed by atoms with E-state index in [1.54, 1.807) is 21.6 Å². The van der Waals surface area contributed by atoms with E-state index in [0.29, 0.717) is 36.3 Å². The van der Waals surface area contributed by atoms with Gasteiger partial charge >= 0.3 is 0 Å². The Labute approximate surface area is 166 Å². The molecule has 1 unspecified atom stereocenters. The second kappa shape index (κ2) is 8.02. The van der Waals surface area contributed by atoms with Crippen LogP contribution >= 0.6 is 11.6 Å². The molecule has 1 aliphatic heterocycles. The van der Waals surface area contributed by atoms with Gasteiger partial charge in [-0.1, -0.05) is 11.6 Å². The summed E-state index contributed by atoms with van der Waals surface area (Å²) in [6.07, 6.45) is 4.69. The quantitative estimate of drug-likeness (QED) is 0.674. The third-order valence-corrected chi connectivity index (χ3v) is 5.11. The Morgan fingerprint density at radius 3 is 3.14 bits per heavy atom. The molecule has 150 valence electrons. The zero-order valence-corrected chi connectivity index (χ0v) is 16.4. The van der Waals surface area contributed by atoms with Crippen molar-refractivity contribution in [3.63, 3.8) is 0 Å². The third kappa shape index (κ3) is 3.69. The molecule has 0 aromatic carbocycles. The molecule has 3 aromatic heterocycles. The Morgan fingerprint density at radius 1 is 1.50 bits per heavy atom. The number of fused-ring (bicyclic) bond motifs is 1. The number of nitrogens with zero attached hydrogens (tertiary/aromatic N) is 5. The average molecular weight is 409 g/mol. The van der Waals surface area contributed by atoms with Crippen molar-refractivity contribution in [1.29, 1.82) is 0 Å². The van der Waals surface area contributed by atoms with E-state index in [1.165, 1.54) is 0 Å². The fraction of sp³-hybridized carbons (Fsp3) is 0.500. The summed E-state index contributed by atoms with van der Waals surface area (Å²) in [7, 11) is 0. The molecular formula is C18H22ClFN6O2. The summed E-state index contributed by atoms with van der Waals surface area (Å²) in [5.41, 5.74) is 2.14. The maximum atomic E-state index is 14.0. The predicted octanol–water partition coefficient (Wildman–Crippen LogP) is 3.34. The monoisotopic (exact) mass is 408 g/mol. The van der Waals surface area contributed by atoms with Gasteiger partial charge in [-0.05, 0) is 26.3 Å². The molecule has 0 radical (unpaired) electrons. The lowest BCUT2D eigenvalue weighted by Crippen LogP contribution is -2.39. The molecule has 4 heterocycles. The molecule has 4 rings (SSSR count). The Bertz CT molecular complexity index is 961. The third-order valence-electron chi connectivity index (χ3n) is 4.74. The number of hydrogen-bond acceptors (Lipinski definition) is 6. The smallest absolute Gasteiger partial charge is 0.243 e. The summed E-state index contributed by atoms with van der Waals surface area (Å²) >= 11 is 6.60. The summed E-state index contributed by atoms with van der Waals surface area (Å²) in [6, 6.07) is 1.48. The number of alkyl halides is 1. The van der Waals surface area contributed by atoms with Crippen molar-refractivity contribution in [2.45, 2.75) is 38.7 Å². The van der Waals surface area contributed by atoms with Crippen LogP contribution in [0.3, 0.4) is 0 Å². The molecule has 1 aliphatic rings. The van der Waals surface area contributed by atoms with Crippen LogP contribution in [0.15, 0.2) is 24.7 Å². The van der Waals surface area contributed by atoms with Gasteiger partial charge in [-0.2, -0.15) is 10.1 Å². The predicted molar refractivity (Wildman–Crippen MR) is 103 cm³/mol. The van der Waals surface area contributed by atoms with E-state index >= 15 is 0 Å². The number of anilines is 1. The van der Waals surface area contributed by atoms with E-state index in [0.717, 1.165) is 11.1 Å². The van der Waals surface area contributed by atoms with Gasteiger partial charge in [0.25, 0.3) is 0 Å². The summed E-state index contributed by atoms with van der Waals surface area (Å²) in [5.74, 6) is 0.342. The molecule has 3 atom stereocenters. The van der Waals surface area contributed by atoms with E-state index < -0.39 is 6.17 Å².